The Balaban J connectivity index is 1.28. The molecule has 2 aliphatic heterocycles. The van der Waals surface area contributed by atoms with Crippen LogP contribution in [0.1, 0.15) is 18.4 Å². The molecule has 1 fully saturated rings. The van der Waals surface area contributed by atoms with Crippen LogP contribution in [0.5, 0.6) is 5.75 Å². The van der Waals surface area contributed by atoms with Crippen LogP contribution in [0.25, 0.3) is 11.1 Å². The quantitative estimate of drug-likeness (QED) is 0.559. The van der Waals surface area contributed by atoms with Gasteiger partial charge >= 0.3 is 11.7 Å². The summed E-state index contributed by atoms with van der Waals surface area (Å²) < 4.78 is 7.68. The van der Waals surface area contributed by atoms with Crippen LogP contribution in [-0.2, 0) is 24.8 Å². The third-order valence-electron chi connectivity index (χ3n) is 7.46. The van der Waals surface area contributed by atoms with Crippen molar-refractivity contribution in [1.29, 1.82) is 0 Å². The van der Waals surface area contributed by atoms with Crippen LogP contribution in [0, 0.1) is 0 Å². The molecular weight excluding hydrogens is 486 g/mol. The predicted octanol–water partition coefficient (Wildman–Crippen LogP) is 2.30. The molecule has 38 heavy (non-hydrogen) atoms. The van der Waals surface area contributed by atoms with E-state index in [4.69, 9.17) is 4.74 Å². The summed E-state index contributed by atoms with van der Waals surface area (Å²) in [6, 6.07) is 14.8. The van der Waals surface area contributed by atoms with E-state index in [1.165, 1.54) is 24.9 Å². The Labute approximate surface area is 220 Å². The van der Waals surface area contributed by atoms with Crippen LogP contribution in [0.15, 0.2) is 64.3 Å². The summed E-state index contributed by atoms with van der Waals surface area (Å²) in [5.74, 6) is 0.298. The van der Waals surface area contributed by atoms with Gasteiger partial charge in [0.2, 0.25) is 5.91 Å². The number of para-hydroxylation sites is 2. The lowest BCUT2D eigenvalue weighted by Gasteiger charge is -2.38. The first-order valence-electron chi connectivity index (χ1n) is 12.7. The van der Waals surface area contributed by atoms with Gasteiger partial charge in [-0.25, -0.2) is 9.59 Å². The molecule has 0 bridgehead atoms. The van der Waals surface area contributed by atoms with E-state index in [0.717, 1.165) is 22.2 Å². The third kappa shape index (κ3) is 4.81. The largest absolute Gasteiger partial charge is 0.496 e. The molecule has 198 valence electrons. The lowest BCUT2D eigenvalue weighted by Crippen LogP contribution is -2.51. The molecule has 3 aromatic rings. The SMILES string of the molecule is COc1ccccc1-c1cn(CC(=O)N2CCC(N3CCc4ccccc4NC3=O)CC2)c(=O)n(C)c1=O. The normalized spacial score (nSPS) is 16.0. The van der Waals surface area contributed by atoms with Crippen LogP contribution in [0.3, 0.4) is 0 Å². The van der Waals surface area contributed by atoms with Gasteiger partial charge in [-0.15, -0.1) is 0 Å². The van der Waals surface area contributed by atoms with Gasteiger partial charge in [0.15, 0.2) is 0 Å². The molecule has 0 unspecified atom stereocenters. The summed E-state index contributed by atoms with van der Waals surface area (Å²) in [4.78, 5) is 55.4. The summed E-state index contributed by atoms with van der Waals surface area (Å²) in [5, 5.41) is 3.01. The Kier molecular flexibility index (Phi) is 7.04. The molecule has 1 N–H and O–H groups in total. The van der Waals surface area contributed by atoms with Crippen molar-refractivity contribution in [1.82, 2.24) is 18.9 Å². The zero-order valence-corrected chi connectivity index (χ0v) is 21.6. The van der Waals surface area contributed by atoms with Crippen LogP contribution in [-0.4, -0.2) is 63.7 Å². The van der Waals surface area contributed by atoms with Crippen molar-refractivity contribution < 1.29 is 14.3 Å². The number of hydrogen-bond donors (Lipinski definition) is 1. The number of benzene rings is 2. The molecule has 0 radical (unpaired) electrons. The number of fused-ring (bicyclic) bond motifs is 1. The van der Waals surface area contributed by atoms with E-state index in [9.17, 15) is 19.2 Å². The molecule has 10 heteroatoms. The highest BCUT2D eigenvalue weighted by Crippen LogP contribution is 2.27. The first kappa shape index (κ1) is 25.3. The van der Waals surface area contributed by atoms with E-state index in [2.05, 4.69) is 5.32 Å². The fourth-order valence-electron chi connectivity index (χ4n) is 5.30. The number of carbonyl (C=O) groups excluding carboxylic acids is 2. The van der Waals surface area contributed by atoms with Crippen molar-refractivity contribution in [3.63, 3.8) is 0 Å². The summed E-state index contributed by atoms with van der Waals surface area (Å²) in [7, 11) is 2.92. The fraction of sp³-hybridized carbons (Fsp3) is 0.357. The molecule has 2 aliphatic rings. The number of nitrogens with one attached hydrogen (secondary N) is 1. The predicted molar refractivity (Wildman–Crippen MR) is 143 cm³/mol. The number of hydrogen-bond acceptors (Lipinski definition) is 5. The first-order chi connectivity index (χ1) is 18.4. The number of rotatable bonds is 5. The summed E-state index contributed by atoms with van der Waals surface area (Å²) in [6.07, 6.45) is 3.53. The minimum atomic E-state index is -0.558. The Morgan fingerprint density at radius 3 is 2.45 bits per heavy atom. The monoisotopic (exact) mass is 517 g/mol. The van der Waals surface area contributed by atoms with Gasteiger partial charge in [0.25, 0.3) is 5.56 Å². The number of aromatic nitrogens is 2. The second-order valence-electron chi connectivity index (χ2n) is 9.66. The number of urea groups is 1. The minimum absolute atomic E-state index is 0.0331. The maximum atomic E-state index is 13.2. The van der Waals surface area contributed by atoms with Gasteiger partial charge in [-0.2, -0.15) is 0 Å². The Morgan fingerprint density at radius 2 is 1.68 bits per heavy atom. The highest BCUT2D eigenvalue weighted by Gasteiger charge is 2.31. The highest BCUT2D eigenvalue weighted by molar-refractivity contribution is 5.91. The molecule has 5 rings (SSSR count). The van der Waals surface area contributed by atoms with E-state index in [0.29, 0.717) is 43.8 Å². The number of methoxy groups -OCH3 is 1. The Morgan fingerprint density at radius 1 is 0.974 bits per heavy atom. The van der Waals surface area contributed by atoms with Crippen LogP contribution >= 0.6 is 0 Å². The van der Waals surface area contributed by atoms with E-state index < -0.39 is 11.2 Å². The molecule has 0 spiro atoms. The number of likely N-dealkylation sites (tertiary alicyclic amines) is 1. The van der Waals surface area contributed by atoms with Crippen molar-refractivity contribution >= 4 is 17.6 Å². The van der Waals surface area contributed by atoms with Crippen LogP contribution in [0.2, 0.25) is 0 Å². The Hall–Kier alpha value is -4.34. The van der Waals surface area contributed by atoms with Gasteiger partial charge in [-0.3, -0.25) is 18.7 Å². The van der Waals surface area contributed by atoms with Crippen molar-refractivity contribution in [3.8, 4) is 16.9 Å². The van der Waals surface area contributed by atoms with Gasteiger partial charge in [-0.05, 0) is 37.0 Å². The smallest absolute Gasteiger partial charge is 0.331 e. The third-order valence-corrected chi connectivity index (χ3v) is 7.46. The number of anilines is 1. The van der Waals surface area contributed by atoms with Crippen molar-refractivity contribution in [2.75, 3.05) is 32.1 Å². The van der Waals surface area contributed by atoms with Gasteiger partial charge in [0.05, 0.1) is 12.7 Å². The molecule has 2 aromatic carbocycles. The number of amides is 3. The van der Waals surface area contributed by atoms with Crippen molar-refractivity contribution in [2.45, 2.75) is 31.8 Å². The number of piperidine rings is 1. The average Bonchev–Trinajstić information content (AvgIpc) is 3.11. The van der Waals surface area contributed by atoms with Gasteiger partial charge in [0.1, 0.15) is 12.3 Å². The molecule has 10 nitrogen and oxygen atoms in total. The maximum Gasteiger partial charge on any atom is 0.331 e. The van der Waals surface area contributed by atoms with Crippen molar-refractivity contribution in [2.24, 2.45) is 7.05 Å². The molecule has 0 saturated carbocycles. The van der Waals surface area contributed by atoms with Gasteiger partial charge < -0.3 is 19.9 Å². The molecule has 3 amide bonds. The summed E-state index contributed by atoms with van der Waals surface area (Å²) in [5.41, 5.74) is 1.79. The zero-order valence-electron chi connectivity index (χ0n) is 21.6. The van der Waals surface area contributed by atoms with Crippen molar-refractivity contribution in [3.05, 3.63) is 81.1 Å². The molecule has 0 aliphatic carbocycles. The lowest BCUT2D eigenvalue weighted by atomic mass is 10.0. The van der Waals surface area contributed by atoms with Crippen LogP contribution in [0.4, 0.5) is 10.5 Å². The van der Waals surface area contributed by atoms with E-state index in [1.807, 2.05) is 29.2 Å². The van der Waals surface area contributed by atoms with E-state index in [-0.39, 0.29) is 30.1 Å². The average molecular weight is 518 g/mol. The zero-order chi connectivity index (χ0) is 26.8. The standard InChI is InChI=1S/C28H31N5O5/c1-30-26(35)22(21-8-4-6-10-24(21)38-2)17-32(28(30)37)18-25(34)31-14-12-20(13-15-31)33-16-11-19-7-3-5-9-23(19)29-27(33)36/h3-10,17,20H,11-16,18H2,1-2H3,(H,29,36). The second-order valence-corrected chi connectivity index (χ2v) is 9.66. The molecular formula is C28H31N5O5. The summed E-state index contributed by atoms with van der Waals surface area (Å²) >= 11 is 0. The first-order valence-corrected chi connectivity index (χ1v) is 12.7. The fourth-order valence-corrected chi connectivity index (χ4v) is 5.30. The molecule has 0 atom stereocenters. The summed E-state index contributed by atoms with van der Waals surface area (Å²) in [6.45, 7) is 1.42. The lowest BCUT2D eigenvalue weighted by molar-refractivity contribution is -0.133. The molecule has 3 heterocycles. The van der Waals surface area contributed by atoms with Crippen LogP contribution < -0.4 is 21.3 Å². The molecule has 1 aromatic heterocycles. The second kappa shape index (κ2) is 10.6. The number of carbonyl (C=O) groups is 2. The minimum Gasteiger partial charge on any atom is -0.496 e. The number of nitrogens with zero attached hydrogens (tertiary/aromatic N) is 4. The van der Waals surface area contributed by atoms with Gasteiger partial charge in [-0.1, -0.05) is 36.4 Å². The maximum absolute atomic E-state index is 13.2. The van der Waals surface area contributed by atoms with Gasteiger partial charge in [0, 0.05) is 50.2 Å². The number of ether oxygens (including phenoxy) is 1. The highest BCUT2D eigenvalue weighted by atomic mass is 16.5. The van der Waals surface area contributed by atoms with E-state index in [1.54, 1.807) is 29.2 Å². The van der Waals surface area contributed by atoms with E-state index >= 15 is 0 Å². The molecule has 1 saturated heterocycles. The Bertz CT molecular complexity index is 1490. The topological polar surface area (TPSA) is 106 Å².